The van der Waals surface area contributed by atoms with Crippen molar-refractivity contribution < 1.29 is 24.6 Å². The maximum absolute atomic E-state index is 12.3. The summed E-state index contributed by atoms with van der Waals surface area (Å²) in [6.45, 7) is 0.960. The number of anilines is 4. The first-order chi connectivity index (χ1) is 15.2. The normalized spacial score (nSPS) is 15.0. The Morgan fingerprint density at radius 3 is 2.55 bits per heavy atom. The third-order valence-corrected chi connectivity index (χ3v) is 4.75. The minimum absolute atomic E-state index is 0. The van der Waals surface area contributed by atoms with Crippen molar-refractivity contribution in [3.63, 3.8) is 0 Å². The van der Waals surface area contributed by atoms with Crippen molar-refractivity contribution in [3.05, 3.63) is 40.2 Å². The van der Waals surface area contributed by atoms with E-state index < -0.39 is 23.9 Å². The molecule has 2 heterocycles. The van der Waals surface area contributed by atoms with Crippen LogP contribution in [-0.2, 0) is 9.59 Å². The molecule has 2 atom stereocenters. The van der Waals surface area contributed by atoms with Crippen molar-refractivity contribution in [1.29, 1.82) is 0 Å². The van der Waals surface area contributed by atoms with Crippen molar-refractivity contribution in [2.24, 2.45) is 0 Å². The van der Waals surface area contributed by atoms with Gasteiger partial charge in [0.2, 0.25) is 5.95 Å². The Kier molecular flexibility index (Phi) is 8.26. The number of nitrogens with two attached hydrogens (primary N) is 1. The molecule has 13 nitrogen and oxygen atoms in total. The molecular formula is C19H26BN7O6. The van der Waals surface area contributed by atoms with Crippen LogP contribution in [0, 0.1) is 0 Å². The number of nitrogen functional groups attached to an aromatic ring is 1. The largest absolute Gasteiger partial charge is 0.481 e. The van der Waals surface area contributed by atoms with Crippen molar-refractivity contribution in [3.8, 4) is 0 Å². The number of carbonyl (C=O) groups excluding carboxylic acids is 1. The van der Waals surface area contributed by atoms with E-state index in [0.29, 0.717) is 30.3 Å². The number of H-pyrrole nitrogens is 1. The monoisotopic (exact) mass is 459 g/mol. The Morgan fingerprint density at radius 1 is 1.21 bits per heavy atom. The molecule has 176 valence electrons. The highest BCUT2D eigenvalue weighted by Gasteiger charge is 2.23. The van der Waals surface area contributed by atoms with E-state index in [9.17, 15) is 19.2 Å². The van der Waals surface area contributed by atoms with Gasteiger partial charge in [-0.05, 0) is 30.7 Å². The summed E-state index contributed by atoms with van der Waals surface area (Å²) in [4.78, 5) is 52.6. The van der Waals surface area contributed by atoms with Crippen LogP contribution in [0.15, 0.2) is 29.1 Å². The van der Waals surface area contributed by atoms with Crippen LogP contribution in [0.4, 0.5) is 23.1 Å². The molecule has 1 aromatic carbocycles. The molecule has 0 fully saturated rings. The van der Waals surface area contributed by atoms with Gasteiger partial charge in [-0.25, -0.2) is 4.79 Å². The fourth-order valence-electron chi connectivity index (χ4n) is 3.10. The minimum Gasteiger partial charge on any atom is -0.481 e. The molecule has 3 rings (SSSR count). The molecule has 1 aliphatic heterocycles. The Hall–Kier alpha value is -4.23. The summed E-state index contributed by atoms with van der Waals surface area (Å²) >= 11 is 0. The summed E-state index contributed by atoms with van der Waals surface area (Å²) in [5, 5.41) is 29.5. The number of carboxylic acid groups (broad SMARTS) is 2. The molecule has 0 saturated heterocycles. The van der Waals surface area contributed by atoms with E-state index in [1.807, 2.05) is 0 Å². The molecule has 0 aliphatic carbocycles. The van der Waals surface area contributed by atoms with Crippen LogP contribution in [0.2, 0.25) is 0 Å². The number of amides is 1. The second-order valence-corrected chi connectivity index (χ2v) is 7.15. The van der Waals surface area contributed by atoms with Crippen molar-refractivity contribution in [1.82, 2.24) is 15.3 Å². The van der Waals surface area contributed by atoms with Gasteiger partial charge in [0.05, 0.1) is 14.5 Å². The molecule has 0 spiro atoms. The van der Waals surface area contributed by atoms with Crippen LogP contribution >= 0.6 is 0 Å². The number of aromatic amines is 1. The molecule has 33 heavy (non-hydrogen) atoms. The van der Waals surface area contributed by atoms with E-state index in [0.717, 1.165) is 0 Å². The summed E-state index contributed by atoms with van der Waals surface area (Å²) < 4.78 is 0. The number of benzene rings is 1. The van der Waals surface area contributed by atoms with Gasteiger partial charge in [-0.15, -0.1) is 0 Å². The molecule has 1 aromatic heterocycles. The highest BCUT2D eigenvalue weighted by atomic mass is 16.4. The quantitative estimate of drug-likeness (QED) is 0.203. The van der Waals surface area contributed by atoms with Gasteiger partial charge in [0, 0.05) is 30.8 Å². The van der Waals surface area contributed by atoms with Crippen molar-refractivity contribution in [2.75, 3.05) is 34.8 Å². The molecule has 1 aliphatic rings. The standard InChI is InChI=1S/C19H23N7O6.BH3/c20-19-25-15-14(17(30)26-19)23-11(8-22-15)7-21-10-3-1-9(2-4-10)16(29)24-12(18(31)32)5-6-13(27)28;/h1-4,11-12,21,23H,5-8H2,(H,24,29)(H,27,28)(H,31,32)(H4,20,22,25,26,30);1H3. The highest BCUT2D eigenvalue weighted by molar-refractivity contribution is 5.96. The molecule has 2 unspecified atom stereocenters. The molecule has 1 amide bonds. The maximum atomic E-state index is 12.3. The zero-order valence-corrected chi connectivity index (χ0v) is 16.8. The first-order valence-electron chi connectivity index (χ1n) is 9.72. The van der Waals surface area contributed by atoms with Crippen LogP contribution < -0.4 is 32.6 Å². The van der Waals surface area contributed by atoms with E-state index in [1.165, 1.54) is 12.1 Å². The lowest BCUT2D eigenvalue weighted by atomic mass is 10.1. The number of nitrogens with zero attached hydrogens (tertiary/aromatic N) is 1. The Morgan fingerprint density at radius 2 is 1.91 bits per heavy atom. The number of fused-ring (bicyclic) bond motifs is 1. The molecule has 0 radical (unpaired) electrons. The number of hydrogen-bond donors (Lipinski definition) is 8. The van der Waals surface area contributed by atoms with Gasteiger partial charge in [0.25, 0.3) is 11.5 Å². The molecule has 0 saturated carbocycles. The first kappa shape index (κ1) is 25.0. The Bertz CT molecular complexity index is 1080. The zero-order chi connectivity index (χ0) is 23.3. The van der Waals surface area contributed by atoms with Gasteiger partial charge in [0.15, 0.2) is 5.82 Å². The number of aromatic nitrogens is 2. The maximum Gasteiger partial charge on any atom is 0.326 e. The summed E-state index contributed by atoms with van der Waals surface area (Å²) in [6.07, 6.45) is -0.587. The van der Waals surface area contributed by atoms with Crippen molar-refractivity contribution in [2.45, 2.75) is 24.9 Å². The SMILES string of the molecule is B.Nc1nc2c(c(=O)[nH]1)NC(CNc1ccc(C(=O)NC(CCC(=O)O)C(=O)O)cc1)CN2. The van der Waals surface area contributed by atoms with Crippen LogP contribution in [0.1, 0.15) is 23.2 Å². The van der Waals surface area contributed by atoms with Gasteiger partial charge in [-0.3, -0.25) is 19.4 Å². The van der Waals surface area contributed by atoms with Gasteiger partial charge in [-0.2, -0.15) is 4.98 Å². The highest BCUT2D eigenvalue weighted by Crippen LogP contribution is 2.20. The first-order valence-corrected chi connectivity index (χ1v) is 9.72. The lowest BCUT2D eigenvalue weighted by Crippen LogP contribution is -2.41. The van der Waals surface area contributed by atoms with Crippen molar-refractivity contribution >= 4 is 49.4 Å². The predicted octanol–water partition coefficient (Wildman–Crippen LogP) is -1.47. The number of hydrogen-bond acceptors (Lipinski definition) is 9. The number of nitrogens with one attached hydrogen (secondary N) is 5. The van der Waals surface area contributed by atoms with Crippen LogP contribution in [0.3, 0.4) is 0 Å². The number of carbonyl (C=O) groups is 3. The fraction of sp³-hybridized carbons (Fsp3) is 0.316. The lowest BCUT2D eigenvalue weighted by Gasteiger charge is -2.27. The average Bonchev–Trinajstić information content (AvgIpc) is 2.75. The Labute approximate surface area is 189 Å². The Balaban J connectivity index is 0.00000385. The van der Waals surface area contributed by atoms with E-state index in [2.05, 4.69) is 31.2 Å². The number of aliphatic carboxylic acids is 2. The molecule has 9 N–H and O–H groups in total. The van der Waals surface area contributed by atoms with Crippen LogP contribution in [-0.4, -0.2) is 71.6 Å². The van der Waals surface area contributed by atoms with E-state index in [1.54, 1.807) is 12.1 Å². The summed E-state index contributed by atoms with van der Waals surface area (Å²) in [5.74, 6) is -2.64. The van der Waals surface area contributed by atoms with E-state index in [4.69, 9.17) is 15.9 Å². The van der Waals surface area contributed by atoms with E-state index >= 15 is 0 Å². The molecule has 14 heteroatoms. The predicted molar refractivity (Wildman–Crippen MR) is 126 cm³/mol. The van der Waals surface area contributed by atoms with Gasteiger partial charge < -0.3 is 37.2 Å². The fourth-order valence-corrected chi connectivity index (χ4v) is 3.10. The zero-order valence-electron chi connectivity index (χ0n) is 16.8. The third-order valence-electron chi connectivity index (χ3n) is 4.75. The minimum atomic E-state index is -1.30. The topological polar surface area (TPSA) is 212 Å². The second kappa shape index (κ2) is 10.9. The third kappa shape index (κ3) is 6.63. The smallest absolute Gasteiger partial charge is 0.326 e. The number of carboxylic acids is 2. The summed E-state index contributed by atoms with van der Waals surface area (Å²) in [7, 11) is 0. The van der Waals surface area contributed by atoms with Gasteiger partial charge in [-0.1, -0.05) is 0 Å². The number of rotatable bonds is 9. The summed E-state index contributed by atoms with van der Waals surface area (Å²) in [5.41, 5.74) is 6.40. The molecule has 2 aromatic rings. The van der Waals surface area contributed by atoms with Crippen LogP contribution in [0.25, 0.3) is 0 Å². The van der Waals surface area contributed by atoms with Gasteiger partial charge in [0.1, 0.15) is 11.7 Å². The molecule has 0 bridgehead atoms. The second-order valence-electron chi connectivity index (χ2n) is 7.15. The molecular weight excluding hydrogens is 433 g/mol. The van der Waals surface area contributed by atoms with E-state index in [-0.39, 0.29) is 44.4 Å². The summed E-state index contributed by atoms with van der Waals surface area (Å²) in [6, 6.07) is 4.93. The lowest BCUT2D eigenvalue weighted by molar-refractivity contribution is -0.140. The average molecular weight is 459 g/mol. The van der Waals surface area contributed by atoms with Crippen LogP contribution in [0.5, 0.6) is 0 Å². The van der Waals surface area contributed by atoms with Gasteiger partial charge >= 0.3 is 11.9 Å².